The predicted octanol–water partition coefficient (Wildman–Crippen LogP) is 1.48. The molecular weight excluding hydrogens is 252 g/mol. The van der Waals surface area contributed by atoms with Crippen molar-refractivity contribution >= 4 is 18.3 Å². The number of hydrogen-bond acceptors (Lipinski definition) is 3. The van der Waals surface area contributed by atoms with Gasteiger partial charge >= 0.3 is 0 Å². The summed E-state index contributed by atoms with van der Waals surface area (Å²) in [6.45, 7) is 3.30. The fourth-order valence-corrected chi connectivity index (χ4v) is 2.19. The third-order valence-corrected chi connectivity index (χ3v) is 3.50. The largest absolute Gasteiger partial charge is 0.379 e. The van der Waals surface area contributed by atoms with Gasteiger partial charge in [-0.15, -0.1) is 12.4 Å². The lowest BCUT2D eigenvalue weighted by atomic mass is 10.1. The van der Waals surface area contributed by atoms with Crippen molar-refractivity contribution in [3.63, 3.8) is 0 Å². The van der Waals surface area contributed by atoms with E-state index >= 15 is 0 Å². The van der Waals surface area contributed by atoms with Crippen molar-refractivity contribution < 1.29 is 9.53 Å². The van der Waals surface area contributed by atoms with Gasteiger partial charge in [0.2, 0.25) is 5.91 Å². The van der Waals surface area contributed by atoms with Crippen molar-refractivity contribution in [2.45, 2.75) is 44.6 Å². The SMILES string of the molecule is Cl.O=C(CCC1CCCN1)NCCOCC1CC1. The van der Waals surface area contributed by atoms with Crippen LogP contribution in [0.25, 0.3) is 0 Å². The van der Waals surface area contributed by atoms with Gasteiger partial charge in [-0.1, -0.05) is 0 Å². The van der Waals surface area contributed by atoms with E-state index in [9.17, 15) is 4.79 Å². The average Bonchev–Trinajstić information content (AvgIpc) is 3.00. The van der Waals surface area contributed by atoms with E-state index < -0.39 is 0 Å². The van der Waals surface area contributed by atoms with Crippen LogP contribution in [0.4, 0.5) is 0 Å². The molecule has 1 aliphatic carbocycles. The van der Waals surface area contributed by atoms with E-state index in [0.717, 1.165) is 25.5 Å². The van der Waals surface area contributed by atoms with Crippen molar-refractivity contribution in [3.05, 3.63) is 0 Å². The third kappa shape index (κ3) is 6.57. The summed E-state index contributed by atoms with van der Waals surface area (Å²) in [6, 6.07) is 0.562. The van der Waals surface area contributed by atoms with Crippen molar-refractivity contribution in [3.8, 4) is 0 Å². The fourth-order valence-electron chi connectivity index (χ4n) is 2.19. The highest BCUT2D eigenvalue weighted by molar-refractivity contribution is 5.85. The van der Waals surface area contributed by atoms with Crippen LogP contribution in [0, 0.1) is 5.92 Å². The summed E-state index contributed by atoms with van der Waals surface area (Å²) < 4.78 is 5.46. The normalized spacial score (nSPS) is 22.6. The Balaban J connectivity index is 0.00000162. The summed E-state index contributed by atoms with van der Waals surface area (Å²) in [5.41, 5.74) is 0. The zero-order valence-electron chi connectivity index (χ0n) is 11.0. The lowest BCUT2D eigenvalue weighted by molar-refractivity contribution is -0.121. The first kappa shape index (κ1) is 15.7. The van der Waals surface area contributed by atoms with Crippen LogP contribution in [-0.2, 0) is 9.53 Å². The summed E-state index contributed by atoms with van der Waals surface area (Å²) in [5.74, 6) is 0.966. The summed E-state index contributed by atoms with van der Waals surface area (Å²) in [5, 5.41) is 6.31. The minimum Gasteiger partial charge on any atom is -0.379 e. The van der Waals surface area contributed by atoms with E-state index in [4.69, 9.17) is 4.74 Å². The Labute approximate surface area is 116 Å². The molecule has 5 heteroatoms. The summed E-state index contributed by atoms with van der Waals surface area (Å²) in [4.78, 5) is 11.5. The lowest BCUT2D eigenvalue weighted by Crippen LogP contribution is -2.29. The highest BCUT2D eigenvalue weighted by atomic mass is 35.5. The Kier molecular flexibility index (Phi) is 7.63. The maximum atomic E-state index is 11.5. The molecule has 1 unspecified atom stereocenters. The van der Waals surface area contributed by atoms with Crippen LogP contribution in [0.2, 0.25) is 0 Å². The second kappa shape index (κ2) is 8.73. The first-order valence-corrected chi connectivity index (χ1v) is 6.92. The molecule has 0 bridgehead atoms. The number of hydrogen-bond donors (Lipinski definition) is 2. The molecule has 2 fully saturated rings. The minimum absolute atomic E-state index is 0. The molecule has 1 saturated heterocycles. The second-order valence-electron chi connectivity index (χ2n) is 5.20. The molecule has 106 valence electrons. The molecule has 1 saturated carbocycles. The summed E-state index contributed by atoms with van der Waals surface area (Å²) in [6.07, 6.45) is 6.72. The van der Waals surface area contributed by atoms with Crippen molar-refractivity contribution in [2.75, 3.05) is 26.3 Å². The molecule has 2 aliphatic rings. The maximum absolute atomic E-state index is 11.5. The quantitative estimate of drug-likeness (QED) is 0.661. The van der Waals surface area contributed by atoms with Crippen LogP contribution in [-0.4, -0.2) is 38.3 Å². The molecule has 1 amide bonds. The molecule has 2 rings (SSSR count). The van der Waals surface area contributed by atoms with Crippen molar-refractivity contribution in [1.29, 1.82) is 0 Å². The zero-order valence-corrected chi connectivity index (χ0v) is 11.8. The van der Waals surface area contributed by atoms with Gasteiger partial charge in [0.05, 0.1) is 6.61 Å². The van der Waals surface area contributed by atoms with Gasteiger partial charge in [-0.2, -0.15) is 0 Å². The van der Waals surface area contributed by atoms with Gasteiger partial charge in [-0.25, -0.2) is 0 Å². The van der Waals surface area contributed by atoms with Gasteiger partial charge < -0.3 is 15.4 Å². The van der Waals surface area contributed by atoms with Crippen LogP contribution < -0.4 is 10.6 Å². The van der Waals surface area contributed by atoms with Crippen LogP contribution in [0.1, 0.15) is 38.5 Å². The van der Waals surface area contributed by atoms with Gasteiger partial charge in [0.15, 0.2) is 0 Å². The van der Waals surface area contributed by atoms with E-state index in [1.165, 1.54) is 25.7 Å². The smallest absolute Gasteiger partial charge is 0.220 e. The summed E-state index contributed by atoms with van der Waals surface area (Å²) >= 11 is 0. The van der Waals surface area contributed by atoms with Gasteiger partial charge in [0, 0.05) is 25.6 Å². The number of rotatable bonds is 8. The molecular formula is C13H25ClN2O2. The molecule has 0 aromatic heterocycles. The summed E-state index contributed by atoms with van der Waals surface area (Å²) in [7, 11) is 0. The monoisotopic (exact) mass is 276 g/mol. The molecule has 4 nitrogen and oxygen atoms in total. The van der Waals surface area contributed by atoms with Crippen LogP contribution in [0.5, 0.6) is 0 Å². The van der Waals surface area contributed by atoms with E-state index in [1.54, 1.807) is 0 Å². The predicted molar refractivity (Wildman–Crippen MR) is 74.1 cm³/mol. The minimum atomic E-state index is 0. The Morgan fingerprint density at radius 3 is 2.83 bits per heavy atom. The Hall–Kier alpha value is -0.320. The Morgan fingerprint density at radius 1 is 1.33 bits per heavy atom. The molecule has 0 aromatic carbocycles. The van der Waals surface area contributed by atoms with Gasteiger partial charge in [-0.3, -0.25) is 4.79 Å². The number of amides is 1. The van der Waals surface area contributed by atoms with E-state index in [1.807, 2.05) is 0 Å². The first-order chi connectivity index (χ1) is 8.34. The fraction of sp³-hybridized carbons (Fsp3) is 0.923. The molecule has 2 N–H and O–H groups in total. The Morgan fingerprint density at radius 2 is 2.17 bits per heavy atom. The Bertz CT molecular complexity index is 241. The molecule has 18 heavy (non-hydrogen) atoms. The van der Waals surface area contributed by atoms with Crippen molar-refractivity contribution in [1.82, 2.24) is 10.6 Å². The van der Waals surface area contributed by atoms with Gasteiger partial charge in [0.25, 0.3) is 0 Å². The van der Waals surface area contributed by atoms with Crippen LogP contribution in [0.15, 0.2) is 0 Å². The highest BCUT2D eigenvalue weighted by Gasteiger charge is 2.20. The maximum Gasteiger partial charge on any atom is 0.220 e. The number of ether oxygens (including phenoxy) is 1. The highest BCUT2D eigenvalue weighted by Crippen LogP contribution is 2.28. The molecule has 0 aromatic rings. The molecule has 1 heterocycles. The van der Waals surface area contributed by atoms with E-state index in [-0.39, 0.29) is 18.3 Å². The molecule has 1 aliphatic heterocycles. The van der Waals surface area contributed by atoms with Crippen LogP contribution >= 0.6 is 12.4 Å². The van der Waals surface area contributed by atoms with Crippen LogP contribution in [0.3, 0.4) is 0 Å². The average molecular weight is 277 g/mol. The first-order valence-electron chi connectivity index (χ1n) is 6.92. The van der Waals surface area contributed by atoms with Gasteiger partial charge in [-0.05, 0) is 44.6 Å². The molecule has 0 spiro atoms. The van der Waals surface area contributed by atoms with Crippen molar-refractivity contribution in [2.24, 2.45) is 5.92 Å². The number of carbonyl (C=O) groups excluding carboxylic acids is 1. The van der Waals surface area contributed by atoms with Gasteiger partial charge in [0.1, 0.15) is 0 Å². The lowest BCUT2D eigenvalue weighted by Gasteiger charge is -2.10. The number of halogens is 1. The standard InChI is InChI=1S/C13H24N2O2.ClH/c16-13(6-5-12-2-1-7-14-12)15-8-9-17-10-11-3-4-11;/h11-12,14H,1-10H2,(H,15,16);1H. The second-order valence-corrected chi connectivity index (χ2v) is 5.20. The van der Waals surface area contributed by atoms with E-state index in [2.05, 4.69) is 10.6 Å². The molecule has 0 radical (unpaired) electrons. The van der Waals surface area contributed by atoms with E-state index in [0.29, 0.717) is 25.6 Å². The molecule has 1 atom stereocenters. The number of nitrogens with one attached hydrogen (secondary N) is 2. The third-order valence-electron chi connectivity index (χ3n) is 3.50. The zero-order chi connectivity index (χ0) is 11.9. The number of carbonyl (C=O) groups is 1. The topological polar surface area (TPSA) is 50.4 Å².